The molecule has 0 radical (unpaired) electrons. The molecule has 0 unspecified atom stereocenters. The lowest BCUT2D eigenvalue weighted by molar-refractivity contribution is -0.114. The number of nitrogens with one attached hydrogen (secondary N) is 3. The van der Waals surface area contributed by atoms with Crippen molar-refractivity contribution in [1.82, 2.24) is 14.9 Å². The summed E-state index contributed by atoms with van der Waals surface area (Å²) >= 11 is 6.38. The number of hydrogen-bond acceptors (Lipinski definition) is 8. The van der Waals surface area contributed by atoms with E-state index in [9.17, 15) is 9.59 Å². The first-order valence-corrected chi connectivity index (χ1v) is 14.4. The molecule has 9 nitrogen and oxygen atoms in total. The second-order valence-corrected chi connectivity index (χ2v) is 10.8. The third kappa shape index (κ3) is 7.38. The summed E-state index contributed by atoms with van der Waals surface area (Å²) < 4.78 is 0. The molecular formula is C33H34ClN7O2. The van der Waals surface area contributed by atoms with Crippen LogP contribution in [0.4, 0.5) is 34.5 Å². The van der Waals surface area contributed by atoms with E-state index in [1.54, 1.807) is 6.07 Å². The number of para-hydroxylation sites is 2. The summed E-state index contributed by atoms with van der Waals surface area (Å²) in [5, 5.41) is 9.84. The maximum atomic E-state index is 13.5. The number of amides is 1. The van der Waals surface area contributed by atoms with Crippen LogP contribution in [0.2, 0.25) is 5.02 Å². The number of hydrogen-bond donors (Lipinski definition) is 3. The second-order valence-electron chi connectivity index (χ2n) is 10.4. The predicted molar refractivity (Wildman–Crippen MR) is 174 cm³/mol. The highest BCUT2D eigenvalue weighted by Gasteiger charge is 2.19. The lowest BCUT2D eigenvalue weighted by atomic mass is 10.1. The number of aromatic nitrogens is 2. The summed E-state index contributed by atoms with van der Waals surface area (Å²) in [6, 6.07) is 20.9. The van der Waals surface area contributed by atoms with Crippen molar-refractivity contribution in [1.29, 1.82) is 0 Å². The maximum Gasteiger partial charge on any atom is 0.261 e. The Morgan fingerprint density at radius 2 is 1.72 bits per heavy atom. The summed E-state index contributed by atoms with van der Waals surface area (Å²) in [7, 11) is 2.14. The van der Waals surface area contributed by atoms with Gasteiger partial charge in [-0.1, -0.05) is 48.5 Å². The first-order valence-electron chi connectivity index (χ1n) is 14.0. The van der Waals surface area contributed by atoms with Crippen LogP contribution in [0.5, 0.6) is 0 Å². The number of anilines is 6. The molecule has 0 bridgehead atoms. The van der Waals surface area contributed by atoms with E-state index in [0.717, 1.165) is 48.7 Å². The zero-order valence-electron chi connectivity index (χ0n) is 24.2. The smallest absolute Gasteiger partial charge is 0.261 e. The first-order chi connectivity index (χ1) is 20.8. The van der Waals surface area contributed by atoms with Gasteiger partial charge >= 0.3 is 0 Å². The van der Waals surface area contributed by atoms with Crippen LogP contribution < -0.4 is 20.9 Å². The minimum Gasteiger partial charge on any atom is -0.369 e. The van der Waals surface area contributed by atoms with Gasteiger partial charge in [-0.05, 0) is 67.6 Å². The van der Waals surface area contributed by atoms with Crippen molar-refractivity contribution >= 4 is 57.8 Å². The Balaban J connectivity index is 1.43. The van der Waals surface area contributed by atoms with Gasteiger partial charge < -0.3 is 25.8 Å². The molecule has 3 N–H and O–H groups in total. The summed E-state index contributed by atoms with van der Waals surface area (Å²) in [5.74, 6) is 0.0279. The Morgan fingerprint density at radius 3 is 2.44 bits per heavy atom. The first kappa shape index (κ1) is 29.8. The quantitative estimate of drug-likeness (QED) is 0.186. The molecule has 1 aliphatic rings. The Hall–Kier alpha value is -4.73. The molecule has 0 spiro atoms. The van der Waals surface area contributed by atoms with Crippen LogP contribution in [-0.2, 0) is 11.2 Å². The zero-order valence-corrected chi connectivity index (χ0v) is 25.0. The third-order valence-electron chi connectivity index (χ3n) is 7.35. The minimum absolute atomic E-state index is 0.119. The number of carbonyl (C=O) groups is 2. The van der Waals surface area contributed by atoms with Gasteiger partial charge in [-0.15, -0.1) is 0 Å². The number of likely N-dealkylation sites (N-methyl/N-ethyl adjacent to an activating group) is 1. The van der Waals surface area contributed by atoms with Gasteiger partial charge in [-0.2, -0.15) is 4.98 Å². The van der Waals surface area contributed by atoms with Gasteiger partial charge in [-0.25, -0.2) is 4.98 Å². The standard InChI is InChI=1S/C33H34ClN7O2/c1-4-26(42)20-23-9-5-6-11-29(23)37-31-27(32(43)38-30-22(2)8-7-10-28(30)34)21-35-33(39-31)36-24-12-14-25(15-13-24)41-18-16-40(3)17-19-41/h4-15,21H,1,16-20H2,2-3H3,(H,38,43)(H2,35,36,37,39). The number of carbonyl (C=O) groups excluding carboxylic acids is 2. The highest BCUT2D eigenvalue weighted by Crippen LogP contribution is 2.29. The SMILES string of the molecule is C=CC(=O)Cc1ccccc1Nc1nc(Nc2ccc(N3CCN(C)CC3)cc2)ncc1C(=O)Nc1c(C)cccc1Cl. The Bertz CT molecular complexity index is 1610. The zero-order chi connectivity index (χ0) is 30.3. The molecule has 2 heterocycles. The van der Waals surface area contributed by atoms with Gasteiger partial charge in [-0.3, -0.25) is 9.59 Å². The summed E-state index contributed by atoms with van der Waals surface area (Å²) in [4.78, 5) is 39.5. The van der Waals surface area contributed by atoms with E-state index >= 15 is 0 Å². The van der Waals surface area contributed by atoms with E-state index in [1.165, 1.54) is 12.3 Å². The molecule has 5 rings (SSSR count). The molecule has 10 heteroatoms. The topological polar surface area (TPSA) is 102 Å². The van der Waals surface area contributed by atoms with E-state index in [1.807, 2.05) is 55.5 Å². The van der Waals surface area contributed by atoms with Crippen LogP contribution in [0.25, 0.3) is 0 Å². The van der Waals surface area contributed by atoms with Crippen molar-refractivity contribution in [3.8, 4) is 0 Å². The molecule has 0 atom stereocenters. The van der Waals surface area contributed by atoms with Crippen LogP contribution in [0, 0.1) is 6.92 Å². The van der Waals surface area contributed by atoms with Crippen molar-refractivity contribution in [2.75, 3.05) is 54.1 Å². The Morgan fingerprint density at radius 1 is 0.977 bits per heavy atom. The summed E-state index contributed by atoms with van der Waals surface area (Å²) in [6.07, 6.45) is 2.92. The van der Waals surface area contributed by atoms with Crippen LogP contribution in [0.1, 0.15) is 21.5 Å². The monoisotopic (exact) mass is 595 g/mol. The Labute approximate surface area is 256 Å². The largest absolute Gasteiger partial charge is 0.369 e. The van der Waals surface area contributed by atoms with Crippen molar-refractivity contribution in [2.45, 2.75) is 13.3 Å². The number of rotatable bonds is 10. The van der Waals surface area contributed by atoms with Gasteiger partial charge in [0.1, 0.15) is 11.4 Å². The normalized spacial score (nSPS) is 13.3. The fraction of sp³-hybridized carbons (Fsp3) is 0.212. The van der Waals surface area contributed by atoms with Gasteiger partial charge in [0.25, 0.3) is 5.91 Å². The number of halogens is 1. The van der Waals surface area contributed by atoms with Crippen LogP contribution in [0.15, 0.2) is 85.6 Å². The molecule has 220 valence electrons. The molecule has 1 amide bonds. The molecule has 0 saturated carbocycles. The average molecular weight is 596 g/mol. The van der Waals surface area contributed by atoms with Crippen molar-refractivity contribution in [3.05, 3.63) is 107 Å². The van der Waals surface area contributed by atoms with E-state index in [0.29, 0.717) is 22.3 Å². The number of piperazine rings is 1. The van der Waals surface area contributed by atoms with Crippen LogP contribution in [-0.4, -0.2) is 59.8 Å². The number of aryl methyl sites for hydroxylation is 1. The van der Waals surface area contributed by atoms with Crippen LogP contribution in [0.3, 0.4) is 0 Å². The number of ketones is 1. The summed E-state index contributed by atoms with van der Waals surface area (Å²) in [6.45, 7) is 9.48. The van der Waals surface area contributed by atoms with Crippen LogP contribution >= 0.6 is 11.6 Å². The van der Waals surface area contributed by atoms with Gasteiger partial charge in [0.2, 0.25) is 5.95 Å². The lowest BCUT2D eigenvalue weighted by Gasteiger charge is -2.34. The number of nitrogens with zero attached hydrogens (tertiary/aromatic N) is 4. The highest BCUT2D eigenvalue weighted by molar-refractivity contribution is 6.34. The Kier molecular flexibility index (Phi) is 9.34. The molecule has 0 aliphatic carbocycles. The third-order valence-corrected chi connectivity index (χ3v) is 7.66. The molecule has 1 fully saturated rings. The fourth-order valence-corrected chi connectivity index (χ4v) is 5.08. The molecule has 1 saturated heterocycles. The van der Waals surface area contributed by atoms with E-state index in [4.69, 9.17) is 11.6 Å². The predicted octanol–water partition coefficient (Wildman–Crippen LogP) is 6.23. The van der Waals surface area contributed by atoms with E-state index in [2.05, 4.69) is 61.5 Å². The maximum absolute atomic E-state index is 13.5. The van der Waals surface area contributed by atoms with Crippen molar-refractivity contribution in [2.24, 2.45) is 0 Å². The van der Waals surface area contributed by atoms with E-state index < -0.39 is 5.91 Å². The van der Waals surface area contributed by atoms with Gasteiger partial charge in [0.15, 0.2) is 5.78 Å². The van der Waals surface area contributed by atoms with Crippen molar-refractivity contribution < 1.29 is 9.59 Å². The highest BCUT2D eigenvalue weighted by atomic mass is 35.5. The lowest BCUT2D eigenvalue weighted by Crippen LogP contribution is -2.44. The average Bonchev–Trinajstić information content (AvgIpc) is 3.01. The minimum atomic E-state index is -0.429. The fourth-order valence-electron chi connectivity index (χ4n) is 4.81. The van der Waals surface area contributed by atoms with Crippen molar-refractivity contribution in [3.63, 3.8) is 0 Å². The van der Waals surface area contributed by atoms with Gasteiger partial charge in [0, 0.05) is 55.9 Å². The molecule has 4 aromatic rings. The second kappa shape index (κ2) is 13.5. The molecule has 1 aromatic heterocycles. The molecule has 3 aromatic carbocycles. The number of allylic oxidation sites excluding steroid dienone is 1. The molecule has 1 aliphatic heterocycles. The van der Waals surface area contributed by atoms with Gasteiger partial charge in [0.05, 0.1) is 10.7 Å². The number of benzene rings is 3. The molecule has 43 heavy (non-hydrogen) atoms. The van der Waals surface area contributed by atoms with E-state index in [-0.39, 0.29) is 23.6 Å². The summed E-state index contributed by atoms with van der Waals surface area (Å²) in [5.41, 5.74) is 4.90. The molecular weight excluding hydrogens is 562 g/mol.